The van der Waals surface area contributed by atoms with Crippen LogP contribution in [0.5, 0.6) is 0 Å². The minimum atomic E-state index is -0.543. The van der Waals surface area contributed by atoms with E-state index in [9.17, 15) is 14.4 Å². The minimum absolute atomic E-state index is 0.223. The van der Waals surface area contributed by atoms with Crippen LogP contribution >= 0.6 is 0 Å². The average molecular weight is 330 g/mol. The average Bonchev–Trinajstić information content (AvgIpc) is 2.90. The number of carbonyl (C=O) groups is 3. The van der Waals surface area contributed by atoms with Crippen molar-refractivity contribution in [1.82, 2.24) is 10.2 Å². The molecule has 1 atom stereocenters. The molecule has 0 saturated carbocycles. The number of nitrogens with one attached hydrogen (secondary N) is 1. The van der Waals surface area contributed by atoms with Gasteiger partial charge in [-0.2, -0.15) is 0 Å². The number of ether oxygens (including phenoxy) is 1. The van der Waals surface area contributed by atoms with Crippen LogP contribution in [0, 0.1) is 0 Å². The van der Waals surface area contributed by atoms with E-state index >= 15 is 0 Å². The summed E-state index contributed by atoms with van der Waals surface area (Å²) < 4.78 is 5.44. The van der Waals surface area contributed by atoms with E-state index < -0.39 is 5.60 Å². The third-order valence-corrected chi connectivity index (χ3v) is 4.29. The van der Waals surface area contributed by atoms with E-state index in [1.807, 2.05) is 39.0 Å². The van der Waals surface area contributed by atoms with E-state index in [1.54, 1.807) is 4.90 Å². The quantitative estimate of drug-likeness (QED) is 0.803. The molecule has 6 heteroatoms. The zero-order valence-corrected chi connectivity index (χ0v) is 14.2. The first-order valence-corrected chi connectivity index (χ1v) is 8.17. The van der Waals surface area contributed by atoms with Gasteiger partial charge in [-0.25, -0.2) is 4.79 Å². The summed E-state index contributed by atoms with van der Waals surface area (Å²) in [5.74, 6) is -0.814. The number of hydrogen-bond acceptors (Lipinski definition) is 4. The largest absolute Gasteiger partial charge is 0.444 e. The number of benzene rings is 1. The molecule has 1 aromatic carbocycles. The third kappa shape index (κ3) is 3.27. The number of rotatable bonds is 1. The van der Waals surface area contributed by atoms with Gasteiger partial charge in [0, 0.05) is 19.5 Å². The van der Waals surface area contributed by atoms with Crippen molar-refractivity contribution in [2.24, 2.45) is 0 Å². The summed E-state index contributed by atoms with van der Waals surface area (Å²) in [5.41, 5.74) is 2.39. The standard InChI is InChI=1S/C18H22N2O4/c1-18(2,3)24-17(23)20-9-11-5-4-6-12(14(11)10-20)13-7-8-15(21)19-16(13)22/h4-6,13H,7-10H2,1-3H3,(H,19,21,22). The Labute approximate surface area is 141 Å². The van der Waals surface area contributed by atoms with Crippen LogP contribution < -0.4 is 5.32 Å². The number of amides is 3. The van der Waals surface area contributed by atoms with Gasteiger partial charge in [0.2, 0.25) is 11.8 Å². The first-order valence-electron chi connectivity index (χ1n) is 8.17. The molecule has 2 heterocycles. The lowest BCUT2D eigenvalue weighted by atomic mass is 9.86. The van der Waals surface area contributed by atoms with E-state index in [4.69, 9.17) is 4.74 Å². The van der Waals surface area contributed by atoms with E-state index in [0.717, 1.165) is 16.7 Å². The second-order valence-corrected chi connectivity index (χ2v) is 7.33. The lowest BCUT2D eigenvalue weighted by Gasteiger charge is -2.25. The van der Waals surface area contributed by atoms with Gasteiger partial charge in [-0.15, -0.1) is 0 Å². The van der Waals surface area contributed by atoms with Crippen molar-refractivity contribution in [3.05, 3.63) is 34.9 Å². The summed E-state index contributed by atoms with van der Waals surface area (Å²) in [6.07, 6.45) is 0.497. The van der Waals surface area contributed by atoms with E-state index in [-0.39, 0.29) is 23.8 Å². The highest BCUT2D eigenvalue weighted by atomic mass is 16.6. The number of fused-ring (bicyclic) bond motifs is 1. The number of imide groups is 1. The zero-order chi connectivity index (χ0) is 17.5. The molecule has 0 aromatic heterocycles. The molecular formula is C18H22N2O4. The maximum absolute atomic E-state index is 12.3. The molecule has 3 amide bonds. The Morgan fingerprint density at radius 1 is 1.25 bits per heavy atom. The molecule has 1 saturated heterocycles. The van der Waals surface area contributed by atoms with Crippen LogP contribution in [0.2, 0.25) is 0 Å². The molecule has 24 heavy (non-hydrogen) atoms. The molecule has 0 spiro atoms. The van der Waals surface area contributed by atoms with Gasteiger partial charge in [0.15, 0.2) is 0 Å². The van der Waals surface area contributed by atoms with Gasteiger partial charge in [-0.3, -0.25) is 19.8 Å². The molecule has 0 aliphatic carbocycles. The maximum Gasteiger partial charge on any atom is 0.410 e. The Morgan fingerprint density at radius 3 is 2.67 bits per heavy atom. The molecule has 128 valence electrons. The summed E-state index contributed by atoms with van der Waals surface area (Å²) in [6.45, 7) is 6.41. The normalized spacial score (nSPS) is 20.6. The monoisotopic (exact) mass is 330 g/mol. The smallest absolute Gasteiger partial charge is 0.410 e. The summed E-state index contributed by atoms with van der Waals surface area (Å²) in [6, 6.07) is 5.78. The van der Waals surface area contributed by atoms with Crippen LogP contribution in [0.4, 0.5) is 4.79 Å². The lowest BCUT2D eigenvalue weighted by Crippen LogP contribution is -2.39. The minimum Gasteiger partial charge on any atom is -0.444 e. The molecule has 6 nitrogen and oxygen atoms in total. The van der Waals surface area contributed by atoms with Gasteiger partial charge in [0.25, 0.3) is 0 Å². The number of carbonyl (C=O) groups excluding carboxylic acids is 3. The Morgan fingerprint density at radius 2 is 2.00 bits per heavy atom. The Balaban J connectivity index is 1.82. The van der Waals surface area contributed by atoms with Crippen molar-refractivity contribution >= 4 is 17.9 Å². The van der Waals surface area contributed by atoms with Gasteiger partial charge >= 0.3 is 6.09 Å². The molecule has 2 aliphatic rings. The molecule has 1 aromatic rings. The van der Waals surface area contributed by atoms with Gasteiger partial charge in [-0.05, 0) is 43.9 Å². The number of hydrogen-bond donors (Lipinski definition) is 1. The molecule has 3 rings (SSSR count). The Hall–Kier alpha value is -2.37. The molecule has 1 N–H and O–H groups in total. The fraction of sp³-hybridized carbons (Fsp3) is 0.500. The third-order valence-electron chi connectivity index (χ3n) is 4.29. The molecular weight excluding hydrogens is 308 g/mol. The molecule has 2 aliphatic heterocycles. The first kappa shape index (κ1) is 16.5. The van der Waals surface area contributed by atoms with Crippen LogP contribution in [0.3, 0.4) is 0 Å². The van der Waals surface area contributed by atoms with Crippen molar-refractivity contribution in [3.8, 4) is 0 Å². The molecule has 0 radical (unpaired) electrons. The van der Waals surface area contributed by atoms with Gasteiger partial charge in [-0.1, -0.05) is 18.2 Å². The Bertz CT molecular complexity index is 705. The van der Waals surface area contributed by atoms with Crippen molar-refractivity contribution in [3.63, 3.8) is 0 Å². The highest BCUT2D eigenvalue weighted by molar-refractivity contribution is 6.01. The van der Waals surface area contributed by atoms with Crippen LogP contribution in [0.1, 0.15) is 56.2 Å². The van der Waals surface area contributed by atoms with Crippen molar-refractivity contribution in [2.75, 3.05) is 0 Å². The zero-order valence-electron chi connectivity index (χ0n) is 14.2. The second kappa shape index (κ2) is 5.92. The van der Waals surface area contributed by atoms with Gasteiger partial charge in [0.05, 0.1) is 5.92 Å². The molecule has 1 fully saturated rings. The summed E-state index contributed by atoms with van der Waals surface area (Å²) in [4.78, 5) is 37.5. The predicted molar refractivity (Wildman–Crippen MR) is 87.0 cm³/mol. The summed E-state index contributed by atoms with van der Waals surface area (Å²) >= 11 is 0. The Kier molecular flexibility index (Phi) is 4.07. The van der Waals surface area contributed by atoms with Gasteiger partial charge in [0.1, 0.15) is 5.60 Å². The highest BCUT2D eigenvalue weighted by Crippen LogP contribution is 2.34. The van der Waals surface area contributed by atoms with Crippen LogP contribution in [-0.2, 0) is 27.4 Å². The fourth-order valence-electron chi connectivity index (χ4n) is 3.22. The number of nitrogens with zero attached hydrogens (tertiary/aromatic N) is 1. The van der Waals surface area contributed by atoms with Crippen molar-refractivity contribution < 1.29 is 19.1 Å². The maximum atomic E-state index is 12.3. The first-order chi connectivity index (χ1) is 11.2. The predicted octanol–water partition coefficient (Wildman–Crippen LogP) is 2.46. The van der Waals surface area contributed by atoms with E-state index in [0.29, 0.717) is 25.9 Å². The SMILES string of the molecule is CC(C)(C)OC(=O)N1Cc2cccc(C3CCC(=O)NC3=O)c2C1. The summed E-state index contributed by atoms with van der Waals surface area (Å²) in [5, 5.41) is 2.40. The highest BCUT2D eigenvalue weighted by Gasteiger charge is 2.34. The number of piperidine rings is 1. The van der Waals surface area contributed by atoms with Crippen LogP contribution in [-0.4, -0.2) is 28.4 Å². The topological polar surface area (TPSA) is 75.7 Å². The van der Waals surface area contributed by atoms with E-state index in [2.05, 4.69) is 5.32 Å². The molecule has 1 unspecified atom stereocenters. The fourth-order valence-corrected chi connectivity index (χ4v) is 3.22. The summed E-state index contributed by atoms with van der Waals surface area (Å²) in [7, 11) is 0. The lowest BCUT2D eigenvalue weighted by molar-refractivity contribution is -0.134. The van der Waals surface area contributed by atoms with Crippen LogP contribution in [0.25, 0.3) is 0 Å². The van der Waals surface area contributed by atoms with Crippen LogP contribution in [0.15, 0.2) is 18.2 Å². The van der Waals surface area contributed by atoms with Crippen molar-refractivity contribution in [2.45, 2.75) is 58.2 Å². The second-order valence-electron chi connectivity index (χ2n) is 7.33. The molecule has 0 bridgehead atoms. The van der Waals surface area contributed by atoms with Gasteiger partial charge < -0.3 is 4.74 Å². The van der Waals surface area contributed by atoms with Crippen molar-refractivity contribution in [1.29, 1.82) is 0 Å². The van der Waals surface area contributed by atoms with E-state index in [1.165, 1.54) is 0 Å².